The molecule has 0 aliphatic carbocycles. The van der Waals surface area contributed by atoms with Gasteiger partial charge in [-0.1, -0.05) is 25.1 Å². The molecule has 1 fully saturated rings. The highest BCUT2D eigenvalue weighted by atomic mass is 19.4. The van der Waals surface area contributed by atoms with Crippen LogP contribution in [0, 0.1) is 5.92 Å². The van der Waals surface area contributed by atoms with E-state index < -0.39 is 29.5 Å². The summed E-state index contributed by atoms with van der Waals surface area (Å²) in [4.78, 5) is 24.5. The van der Waals surface area contributed by atoms with Crippen molar-refractivity contribution in [1.29, 1.82) is 0 Å². The minimum Gasteiger partial charge on any atom is -0.481 e. The van der Waals surface area contributed by atoms with Gasteiger partial charge in [0.1, 0.15) is 0 Å². The van der Waals surface area contributed by atoms with E-state index in [9.17, 15) is 22.8 Å². The van der Waals surface area contributed by atoms with Gasteiger partial charge in [0.05, 0.1) is 11.5 Å². The summed E-state index contributed by atoms with van der Waals surface area (Å²) in [6, 6.07) is 5.22. The maximum Gasteiger partial charge on any atom is 0.416 e. The van der Waals surface area contributed by atoms with Gasteiger partial charge >= 0.3 is 12.1 Å². The monoisotopic (exact) mass is 329 g/mol. The van der Waals surface area contributed by atoms with Gasteiger partial charge in [0.2, 0.25) is 5.91 Å². The number of rotatable bonds is 4. The van der Waals surface area contributed by atoms with Gasteiger partial charge in [-0.2, -0.15) is 13.2 Å². The Morgan fingerprint density at radius 3 is 2.57 bits per heavy atom. The number of nitrogens with zero attached hydrogens (tertiary/aromatic N) is 1. The van der Waals surface area contributed by atoms with E-state index in [4.69, 9.17) is 5.11 Å². The van der Waals surface area contributed by atoms with Crippen LogP contribution in [0.5, 0.6) is 0 Å². The second kappa shape index (κ2) is 6.60. The van der Waals surface area contributed by atoms with Crippen molar-refractivity contribution in [2.75, 3.05) is 13.1 Å². The van der Waals surface area contributed by atoms with Crippen molar-refractivity contribution < 1.29 is 27.9 Å². The highest BCUT2D eigenvalue weighted by molar-refractivity contribution is 5.79. The first-order valence-corrected chi connectivity index (χ1v) is 7.37. The van der Waals surface area contributed by atoms with Crippen LogP contribution in [-0.4, -0.2) is 35.0 Å². The Morgan fingerprint density at radius 1 is 1.35 bits per heavy atom. The number of benzene rings is 1. The second-order valence-electron chi connectivity index (χ2n) is 5.85. The third-order valence-corrected chi connectivity index (χ3v) is 4.17. The van der Waals surface area contributed by atoms with Crippen LogP contribution in [0.15, 0.2) is 24.3 Å². The number of amides is 1. The quantitative estimate of drug-likeness (QED) is 0.923. The molecule has 1 heterocycles. The van der Waals surface area contributed by atoms with E-state index in [0.29, 0.717) is 13.0 Å². The molecule has 2 atom stereocenters. The molecule has 0 spiro atoms. The summed E-state index contributed by atoms with van der Waals surface area (Å²) >= 11 is 0. The van der Waals surface area contributed by atoms with Crippen LogP contribution >= 0.6 is 0 Å². The fourth-order valence-electron chi connectivity index (χ4n) is 2.87. The molecular formula is C16H18F3NO3. The van der Waals surface area contributed by atoms with Gasteiger partial charge in [-0.05, 0) is 24.0 Å². The average molecular weight is 329 g/mol. The number of carboxylic acid groups (broad SMARTS) is 1. The third-order valence-electron chi connectivity index (χ3n) is 4.17. The number of aliphatic carboxylic acids is 1. The number of carbonyl (C=O) groups excluding carboxylic acids is 1. The van der Waals surface area contributed by atoms with E-state index in [0.717, 1.165) is 6.07 Å². The summed E-state index contributed by atoms with van der Waals surface area (Å²) in [7, 11) is 0. The Hall–Kier alpha value is -2.05. The molecule has 1 amide bonds. The maximum absolute atomic E-state index is 13.0. The zero-order valence-electron chi connectivity index (χ0n) is 12.6. The third kappa shape index (κ3) is 4.03. The lowest BCUT2D eigenvalue weighted by Crippen LogP contribution is -2.30. The predicted octanol–water partition coefficient (Wildman–Crippen LogP) is 3.13. The fraction of sp³-hybridized carbons (Fsp3) is 0.500. The fourth-order valence-corrected chi connectivity index (χ4v) is 2.87. The van der Waals surface area contributed by atoms with Crippen LogP contribution in [0.25, 0.3) is 0 Å². The number of hydrogen-bond acceptors (Lipinski definition) is 2. The van der Waals surface area contributed by atoms with Crippen molar-refractivity contribution in [3.8, 4) is 0 Å². The first-order chi connectivity index (χ1) is 10.7. The van der Waals surface area contributed by atoms with Crippen molar-refractivity contribution in [3.05, 3.63) is 35.4 Å². The van der Waals surface area contributed by atoms with Crippen molar-refractivity contribution in [3.63, 3.8) is 0 Å². The van der Waals surface area contributed by atoms with E-state index in [1.54, 1.807) is 6.92 Å². The molecule has 0 bridgehead atoms. The standard InChI is InChI=1S/C16H18F3NO3/c1-10(12-4-2-3-5-13(12)16(17,18)19)8-14(21)20-7-6-11(9-20)15(22)23/h2-5,10-11H,6-9H2,1H3,(H,22,23)/t10-,11-/m1/s1. The molecule has 7 heteroatoms. The zero-order valence-corrected chi connectivity index (χ0v) is 12.6. The van der Waals surface area contributed by atoms with Crippen LogP contribution in [0.4, 0.5) is 13.2 Å². The Labute approximate surface area is 131 Å². The van der Waals surface area contributed by atoms with Gasteiger partial charge in [0, 0.05) is 19.5 Å². The van der Waals surface area contributed by atoms with Gasteiger partial charge in [-0.3, -0.25) is 9.59 Å². The SMILES string of the molecule is C[C@H](CC(=O)N1CC[C@@H](C(=O)O)C1)c1ccccc1C(F)(F)F. The highest BCUT2D eigenvalue weighted by Crippen LogP contribution is 2.36. The van der Waals surface area contributed by atoms with Crippen molar-refractivity contribution >= 4 is 11.9 Å². The van der Waals surface area contributed by atoms with Crippen molar-refractivity contribution in [2.24, 2.45) is 5.92 Å². The summed E-state index contributed by atoms with van der Waals surface area (Å²) in [5, 5.41) is 8.94. The zero-order chi connectivity index (χ0) is 17.2. The minimum absolute atomic E-state index is 0.0700. The summed E-state index contributed by atoms with van der Waals surface area (Å²) in [5.41, 5.74) is -0.646. The van der Waals surface area contributed by atoms with Crippen LogP contribution in [0.3, 0.4) is 0 Å². The smallest absolute Gasteiger partial charge is 0.416 e. The molecule has 23 heavy (non-hydrogen) atoms. The number of carboxylic acids is 1. The highest BCUT2D eigenvalue weighted by Gasteiger charge is 2.35. The first kappa shape index (κ1) is 17.3. The molecule has 0 aromatic heterocycles. The molecule has 4 nitrogen and oxygen atoms in total. The summed E-state index contributed by atoms with van der Waals surface area (Å²) in [6.07, 6.45) is -4.15. The number of hydrogen-bond donors (Lipinski definition) is 1. The second-order valence-corrected chi connectivity index (χ2v) is 5.85. The Balaban J connectivity index is 2.07. The molecule has 1 aliphatic heterocycles. The van der Waals surface area contributed by atoms with Crippen LogP contribution in [0.1, 0.15) is 36.8 Å². The molecule has 0 unspecified atom stereocenters. The Bertz CT molecular complexity index is 600. The molecular weight excluding hydrogens is 311 g/mol. The molecule has 0 radical (unpaired) electrons. The minimum atomic E-state index is -4.46. The largest absolute Gasteiger partial charge is 0.481 e. The van der Waals surface area contributed by atoms with Gasteiger partial charge in [-0.25, -0.2) is 0 Å². The molecule has 1 aliphatic rings. The number of carbonyl (C=O) groups is 2. The molecule has 1 aromatic rings. The predicted molar refractivity (Wildman–Crippen MR) is 76.8 cm³/mol. The topological polar surface area (TPSA) is 57.6 Å². The van der Waals surface area contributed by atoms with Crippen LogP contribution in [-0.2, 0) is 15.8 Å². The number of halogens is 3. The Morgan fingerprint density at radius 2 is 2.00 bits per heavy atom. The Kier molecular flexibility index (Phi) is 4.97. The van der Waals surface area contributed by atoms with Crippen LogP contribution in [0.2, 0.25) is 0 Å². The van der Waals surface area contributed by atoms with E-state index >= 15 is 0 Å². The van der Waals surface area contributed by atoms with E-state index in [-0.39, 0.29) is 24.4 Å². The average Bonchev–Trinajstić information content (AvgIpc) is 2.96. The molecule has 0 saturated carbocycles. The van der Waals surface area contributed by atoms with E-state index in [1.165, 1.54) is 23.1 Å². The molecule has 126 valence electrons. The summed E-state index contributed by atoms with van der Waals surface area (Å²) < 4.78 is 39.1. The van der Waals surface area contributed by atoms with Gasteiger partial charge in [0.25, 0.3) is 0 Å². The molecule has 2 rings (SSSR count). The lowest BCUT2D eigenvalue weighted by molar-refractivity contribution is -0.142. The normalized spacial score (nSPS) is 19.7. The first-order valence-electron chi connectivity index (χ1n) is 7.37. The maximum atomic E-state index is 13.0. The number of likely N-dealkylation sites (tertiary alicyclic amines) is 1. The van der Waals surface area contributed by atoms with Crippen LogP contribution < -0.4 is 0 Å². The molecule has 1 aromatic carbocycles. The van der Waals surface area contributed by atoms with Gasteiger partial charge in [0.15, 0.2) is 0 Å². The van der Waals surface area contributed by atoms with Crippen molar-refractivity contribution in [2.45, 2.75) is 31.9 Å². The van der Waals surface area contributed by atoms with Gasteiger partial charge in [-0.15, -0.1) is 0 Å². The van der Waals surface area contributed by atoms with Crippen molar-refractivity contribution in [1.82, 2.24) is 4.90 Å². The lowest BCUT2D eigenvalue weighted by atomic mass is 9.92. The summed E-state index contributed by atoms with van der Waals surface area (Å²) in [6.45, 7) is 2.04. The van der Waals surface area contributed by atoms with Gasteiger partial charge < -0.3 is 10.0 Å². The molecule has 1 saturated heterocycles. The summed E-state index contributed by atoms with van der Waals surface area (Å²) in [5.74, 6) is -2.44. The van der Waals surface area contributed by atoms with E-state index in [2.05, 4.69) is 0 Å². The molecule has 1 N–H and O–H groups in total. The van der Waals surface area contributed by atoms with E-state index in [1.807, 2.05) is 0 Å². The number of alkyl halides is 3. The lowest BCUT2D eigenvalue weighted by Gasteiger charge is -2.21.